The van der Waals surface area contributed by atoms with Crippen LogP contribution in [0.25, 0.3) is 0 Å². The van der Waals surface area contributed by atoms with Crippen molar-refractivity contribution in [2.45, 2.75) is 26.3 Å². The van der Waals surface area contributed by atoms with E-state index in [9.17, 15) is 4.39 Å². The van der Waals surface area contributed by atoms with Gasteiger partial charge in [-0.15, -0.1) is 0 Å². The molecule has 0 bridgehead atoms. The van der Waals surface area contributed by atoms with Gasteiger partial charge in [0.05, 0.1) is 11.4 Å². The van der Waals surface area contributed by atoms with E-state index in [1.54, 1.807) is 6.20 Å². The zero-order valence-electron chi connectivity index (χ0n) is 18.2. The van der Waals surface area contributed by atoms with Crippen molar-refractivity contribution in [1.82, 2.24) is 4.98 Å². The smallest absolute Gasteiger partial charge is 0.130 e. The van der Waals surface area contributed by atoms with E-state index in [2.05, 4.69) is 59.4 Å². The molecular weight excluding hydrogens is 399 g/mol. The summed E-state index contributed by atoms with van der Waals surface area (Å²) >= 11 is 0. The van der Waals surface area contributed by atoms with Crippen molar-refractivity contribution in [1.29, 1.82) is 0 Å². The van der Waals surface area contributed by atoms with E-state index in [0.29, 0.717) is 0 Å². The van der Waals surface area contributed by atoms with Gasteiger partial charge < -0.3 is 10.2 Å². The molecule has 1 atom stereocenters. The number of pyridine rings is 1. The summed E-state index contributed by atoms with van der Waals surface area (Å²) in [6, 6.07) is 21.1. The van der Waals surface area contributed by atoms with Crippen molar-refractivity contribution in [3.8, 4) is 0 Å². The van der Waals surface area contributed by atoms with Gasteiger partial charge in [0.1, 0.15) is 11.6 Å². The molecule has 4 nitrogen and oxygen atoms in total. The Bertz CT molecular complexity index is 1210. The van der Waals surface area contributed by atoms with Crippen LogP contribution in [0.2, 0.25) is 0 Å². The minimum absolute atomic E-state index is 0.141. The topological polar surface area (TPSA) is 40.5 Å². The van der Waals surface area contributed by atoms with Gasteiger partial charge in [-0.2, -0.15) is 0 Å². The Hall–Kier alpha value is -3.73. The van der Waals surface area contributed by atoms with Gasteiger partial charge in [0.25, 0.3) is 0 Å². The van der Waals surface area contributed by atoms with Crippen molar-refractivity contribution in [2.75, 3.05) is 10.2 Å². The number of fused-ring (bicyclic) bond motifs is 2. The second-order valence-electron chi connectivity index (χ2n) is 8.35. The minimum Gasteiger partial charge on any atom is -0.339 e. The molecule has 1 N–H and O–H groups in total. The molecule has 1 unspecified atom stereocenters. The van der Waals surface area contributed by atoms with Crippen LogP contribution < -0.4 is 10.2 Å². The maximum absolute atomic E-state index is 13.7. The molecule has 5 heteroatoms. The van der Waals surface area contributed by atoms with Gasteiger partial charge in [-0.25, -0.2) is 9.37 Å². The van der Waals surface area contributed by atoms with Gasteiger partial charge in [0, 0.05) is 35.2 Å². The zero-order chi connectivity index (χ0) is 22.1. The lowest BCUT2D eigenvalue weighted by Crippen LogP contribution is -2.33. The van der Waals surface area contributed by atoms with Gasteiger partial charge in [0.2, 0.25) is 0 Å². The van der Waals surface area contributed by atoms with E-state index >= 15 is 0 Å². The summed E-state index contributed by atoms with van der Waals surface area (Å²) in [6.45, 7) is 4.15. The van der Waals surface area contributed by atoms with E-state index < -0.39 is 0 Å². The lowest BCUT2D eigenvalue weighted by Gasteiger charge is -2.40. The Morgan fingerprint density at radius 1 is 1.03 bits per heavy atom. The van der Waals surface area contributed by atoms with E-state index in [0.717, 1.165) is 40.7 Å². The molecule has 0 spiro atoms. The van der Waals surface area contributed by atoms with Crippen LogP contribution in [0.3, 0.4) is 0 Å². The third kappa shape index (κ3) is 3.94. The number of benzene rings is 2. The molecule has 0 amide bonds. The molecule has 160 valence electrons. The van der Waals surface area contributed by atoms with Gasteiger partial charge in [0.15, 0.2) is 0 Å². The summed E-state index contributed by atoms with van der Waals surface area (Å²) in [5, 5.41) is 3.46. The van der Waals surface area contributed by atoms with Gasteiger partial charge in [-0.05, 0) is 80.4 Å². The number of halogens is 1. The summed E-state index contributed by atoms with van der Waals surface area (Å²) in [6.07, 6.45) is 7.08. The number of nitrogens with zero attached hydrogens (tertiary/aromatic N) is 3. The van der Waals surface area contributed by atoms with Crippen molar-refractivity contribution in [3.05, 3.63) is 108 Å². The molecular formula is C27H25FN4. The fourth-order valence-corrected chi connectivity index (χ4v) is 4.31. The number of para-hydroxylation sites is 1. The standard InChI is InChI=1S/C27H25FN4/c1-18(2)30-24-17-26-20(16-23(24)31-27-9-5-6-14-29-27)15-19-7-3-4-8-25(19)32(26)22-12-10-21(28)11-13-22/h3-14,16-18,20H,15H2,1-2H3,(H,29,31). The SMILES string of the molecule is CC(C)N=C1C=C2C(C=C1Nc1ccccn1)Cc1ccccc1N2c1ccc(F)cc1. The summed E-state index contributed by atoms with van der Waals surface area (Å²) < 4.78 is 13.7. The second kappa shape index (κ2) is 8.42. The molecule has 1 aromatic heterocycles. The van der Waals surface area contributed by atoms with Crippen molar-refractivity contribution >= 4 is 22.9 Å². The number of anilines is 3. The van der Waals surface area contributed by atoms with Crippen molar-refractivity contribution in [2.24, 2.45) is 10.9 Å². The van der Waals surface area contributed by atoms with Gasteiger partial charge in [-0.3, -0.25) is 4.99 Å². The highest BCUT2D eigenvalue weighted by atomic mass is 19.1. The first-order valence-electron chi connectivity index (χ1n) is 10.9. The maximum Gasteiger partial charge on any atom is 0.130 e. The normalized spacial score (nSPS) is 18.7. The predicted octanol–water partition coefficient (Wildman–Crippen LogP) is 6.27. The number of aliphatic imine (C=N–C) groups is 1. The number of hydrogen-bond acceptors (Lipinski definition) is 4. The van der Waals surface area contributed by atoms with Crippen LogP contribution in [0.1, 0.15) is 19.4 Å². The monoisotopic (exact) mass is 424 g/mol. The summed E-state index contributed by atoms with van der Waals surface area (Å²) in [5.74, 6) is 0.711. The van der Waals surface area contributed by atoms with Gasteiger partial charge in [-0.1, -0.05) is 24.3 Å². The third-order valence-electron chi connectivity index (χ3n) is 5.65. The molecule has 2 aromatic carbocycles. The second-order valence-corrected chi connectivity index (χ2v) is 8.35. The highest BCUT2D eigenvalue weighted by molar-refractivity contribution is 6.12. The van der Waals surface area contributed by atoms with Crippen LogP contribution >= 0.6 is 0 Å². The average molecular weight is 425 g/mol. The third-order valence-corrected chi connectivity index (χ3v) is 5.65. The van der Waals surface area contributed by atoms with Gasteiger partial charge >= 0.3 is 0 Å². The van der Waals surface area contributed by atoms with Crippen molar-refractivity contribution < 1.29 is 4.39 Å². The van der Waals surface area contributed by atoms with Crippen LogP contribution in [0.5, 0.6) is 0 Å². The number of nitrogens with one attached hydrogen (secondary N) is 1. The molecule has 3 aromatic rings. The molecule has 2 heterocycles. The lowest BCUT2D eigenvalue weighted by atomic mass is 9.84. The Balaban J connectivity index is 1.63. The molecule has 1 aliphatic heterocycles. The first-order chi connectivity index (χ1) is 15.6. The Morgan fingerprint density at radius 3 is 2.56 bits per heavy atom. The van der Waals surface area contributed by atoms with E-state index in [4.69, 9.17) is 4.99 Å². The summed E-state index contributed by atoms with van der Waals surface area (Å²) in [5.41, 5.74) is 6.32. The summed E-state index contributed by atoms with van der Waals surface area (Å²) in [7, 11) is 0. The van der Waals surface area contributed by atoms with E-state index in [1.807, 2.05) is 36.4 Å². The Labute approximate surface area is 187 Å². The summed E-state index contributed by atoms with van der Waals surface area (Å²) in [4.78, 5) is 11.6. The molecule has 1 aliphatic carbocycles. The molecule has 5 rings (SSSR count). The predicted molar refractivity (Wildman–Crippen MR) is 129 cm³/mol. The first-order valence-corrected chi connectivity index (χ1v) is 10.9. The van der Waals surface area contributed by atoms with E-state index in [-0.39, 0.29) is 17.8 Å². The molecule has 0 radical (unpaired) electrons. The molecule has 2 aliphatic rings. The van der Waals surface area contributed by atoms with Crippen LogP contribution in [0, 0.1) is 11.7 Å². The Kier molecular flexibility index (Phi) is 5.31. The van der Waals surface area contributed by atoms with Crippen LogP contribution in [0.4, 0.5) is 21.6 Å². The highest BCUT2D eigenvalue weighted by Gasteiger charge is 2.33. The van der Waals surface area contributed by atoms with Crippen molar-refractivity contribution in [3.63, 3.8) is 0 Å². The maximum atomic E-state index is 13.7. The van der Waals surface area contributed by atoms with Crippen LogP contribution in [-0.2, 0) is 6.42 Å². The first kappa shape index (κ1) is 20.2. The Morgan fingerprint density at radius 2 is 1.81 bits per heavy atom. The number of allylic oxidation sites excluding steroid dienone is 2. The molecule has 0 fully saturated rings. The highest BCUT2D eigenvalue weighted by Crippen LogP contribution is 2.43. The molecule has 32 heavy (non-hydrogen) atoms. The fourth-order valence-electron chi connectivity index (χ4n) is 4.31. The number of aromatic nitrogens is 1. The lowest BCUT2D eigenvalue weighted by molar-refractivity contribution is 0.627. The largest absolute Gasteiger partial charge is 0.339 e. The number of rotatable bonds is 4. The van der Waals surface area contributed by atoms with Crippen LogP contribution in [-0.4, -0.2) is 16.7 Å². The zero-order valence-corrected chi connectivity index (χ0v) is 18.2. The van der Waals surface area contributed by atoms with Crippen LogP contribution in [0.15, 0.2) is 101 Å². The quantitative estimate of drug-likeness (QED) is 0.536. The van der Waals surface area contributed by atoms with E-state index in [1.165, 1.54) is 17.7 Å². The molecule has 0 saturated carbocycles. The average Bonchev–Trinajstić information content (AvgIpc) is 2.79. The number of hydrogen-bond donors (Lipinski definition) is 1. The minimum atomic E-state index is -0.239. The fraction of sp³-hybridized carbons (Fsp3) is 0.185. The molecule has 0 saturated heterocycles.